The van der Waals surface area contributed by atoms with E-state index in [0.29, 0.717) is 11.8 Å². The van der Waals surface area contributed by atoms with Gasteiger partial charge in [-0.1, -0.05) is 19.0 Å². The summed E-state index contributed by atoms with van der Waals surface area (Å²) in [6, 6.07) is -0.557. The smallest absolute Gasteiger partial charge is 0.245 e. The number of hydrogen-bond donors (Lipinski definition) is 2. The summed E-state index contributed by atoms with van der Waals surface area (Å²) >= 11 is 0. The topological polar surface area (TPSA) is 85.2 Å². The first kappa shape index (κ1) is 13.5. The Balaban J connectivity index is 1.95. The summed E-state index contributed by atoms with van der Waals surface area (Å²) in [5.41, 5.74) is 5.65. The van der Waals surface area contributed by atoms with Crippen molar-refractivity contribution in [2.75, 3.05) is 6.61 Å². The largest absolute Gasteiger partial charge is 0.394 e. The molecule has 0 amide bonds. The molecule has 1 aliphatic rings. The van der Waals surface area contributed by atoms with Crippen LogP contribution in [0.1, 0.15) is 63.2 Å². The van der Waals surface area contributed by atoms with E-state index in [2.05, 4.69) is 24.0 Å². The van der Waals surface area contributed by atoms with Crippen molar-refractivity contribution in [3.8, 4) is 0 Å². The molecule has 0 aromatic carbocycles. The van der Waals surface area contributed by atoms with Crippen molar-refractivity contribution in [1.82, 2.24) is 10.1 Å². The summed E-state index contributed by atoms with van der Waals surface area (Å²) < 4.78 is 5.10. The molecule has 5 nitrogen and oxygen atoms in total. The minimum absolute atomic E-state index is 0.165. The van der Waals surface area contributed by atoms with Crippen LogP contribution in [0.15, 0.2) is 4.52 Å². The maximum absolute atomic E-state index is 8.95. The summed E-state index contributed by atoms with van der Waals surface area (Å²) in [4.78, 5) is 4.31. The molecular formula is C13H23N3O2. The lowest BCUT2D eigenvalue weighted by Crippen LogP contribution is -2.18. The van der Waals surface area contributed by atoms with E-state index >= 15 is 0 Å². The van der Waals surface area contributed by atoms with Gasteiger partial charge in [-0.15, -0.1) is 0 Å². The molecular weight excluding hydrogens is 230 g/mol. The lowest BCUT2D eigenvalue weighted by molar-refractivity contribution is 0.235. The van der Waals surface area contributed by atoms with Crippen molar-refractivity contribution in [2.45, 2.75) is 51.5 Å². The number of hydrogen-bond acceptors (Lipinski definition) is 5. The fourth-order valence-corrected chi connectivity index (χ4v) is 2.69. The molecule has 3 N–H and O–H groups in total. The van der Waals surface area contributed by atoms with Crippen molar-refractivity contribution in [3.63, 3.8) is 0 Å². The maximum Gasteiger partial charge on any atom is 0.245 e. The highest BCUT2D eigenvalue weighted by atomic mass is 16.5. The van der Waals surface area contributed by atoms with E-state index in [-0.39, 0.29) is 6.61 Å². The standard InChI is InChI=1S/C13H23N3O2/c1-8(2)9-3-5-10(6-4-9)12-15-13(18-16-12)11(14)7-17/h8-11,17H,3-7,14H2,1-2H3/t9?,10?,11-/m0/s1. The molecule has 1 saturated carbocycles. The molecule has 1 aromatic rings. The number of nitrogens with zero attached hydrogens (tertiary/aromatic N) is 2. The van der Waals surface area contributed by atoms with Gasteiger partial charge in [-0.3, -0.25) is 0 Å². The van der Waals surface area contributed by atoms with Crippen molar-refractivity contribution in [3.05, 3.63) is 11.7 Å². The van der Waals surface area contributed by atoms with Crippen molar-refractivity contribution in [1.29, 1.82) is 0 Å². The molecule has 2 rings (SSSR count). The Bertz CT molecular complexity index is 370. The first-order valence-corrected chi connectivity index (χ1v) is 6.81. The Morgan fingerprint density at radius 1 is 1.33 bits per heavy atom. The average Bonchev–Trinajstić information content (AvgIpc) is 2.87. The summed E-state index contributed by atoms with van der Waals surface area (Å²) in [5.74, 6) is 3.08. The van der Waals surface area contributed by atoms with E-state index in [4.69, 9.17) is 15.4 Å². The number of rotatable bonds is 4. The van der Waals surface area contributed by atoms with Gasteiger partial charge in [0.1, 0.15) is 6.04 Å². The third-order valence-corrected chi connectivity index (χ3v) is 4.05. The van der Waals surface area contributed by atoms with Gasteiger partial charge in [-0.25, -0.2) is 0 Å². The molecule has 0 unspecified atom stereocenters. The second-order valence-corrected chi connectivity index (χ2v) is 5.64. The zero-order chi connectivity index (χ0) is 13.1. The van der Waals surface area contributed by atoms with Crippen LogP contribution in [-0.2, 0) is 0 Å². The molecule has 0 bridgehead atoms. The van der Waals surface area contributed by atoms with Crippen LogP contribution in [0.25, 0.3) is 0 Å². The van der Waals surface area contributed by atoms with E-state index in [0.717, 1.165) is 30.5 Å². The van der Waals surface area contributed by atoms with Gasteiger partial charge in [-0.05, 0) is 37.5 Å². The van der Waals surface area contributed by atoms with E-state index in [1.54, 1.807) is 0 Å². The van der Waals surface area contributed by atoms with Gasteiger partial charge in [0.25, 0.3) is 0 Å². The highest BCUT2D eigenvalue weighted by molar-refractivity contribution is 5.00. The SMILES string of the molecule is CC(C)C1CCC(c2noc([C@@H](N)CO)n2)CC1. The van der Waals surface area contributed by atoms with Crippen LogP contribution in [0.5, 0.6) is 0 Å². The summed E-state index contributed by atoms with van der Waals surface area (Å²) in [6.07, 6.45) is 4.71. The average molecular weight is 253 g/mol. The quantitative estimate of drug-likeness (QED) is 0.857. The fourth-order valence-electron chi connectivity index (χ4n) is 2.69. The normalized spacial score (nSPS) is 26.5. The monoisotopic (exact) mass is 253 g/mol. The van der Waals surface area contributed by atoms with E-state index < -0.39 is 6.04 Å². The lowest BCUT2D eigenvalue weighted by atomic mass is 9.77. The number of aromatic nitrogens is 2. The zero-order valence-corrected chi connectivity index (χ0v) is 11.2. The van der Waals surface area contributed by atoms with Gasteiger partial charge in [0.15, 0.2) is 5.82 Å². The summed E-state index contributed by atoms with van der Waals surface area (Å²) in [6.45, 7) is 4.41. The predicted octanol–water partition coefficient (Wildman–Crippen LogP) is 1.99. The highest BCUT2D eigenvalue weighted by Crippen LogP contribution is 2.37. The molecule has 1 aliphatic carbocycles. The third kappa shape index (κ3) is 2.90. The Kier molecular flexibility index (Phi) is 4.35. The first-order chi connectivity index (χ1) is 8.61. The van der Waals surface area contributed by atoms with Crippen LogP contribution >= 0.6 is 0 Å². The van der Waals surface area contributed by atoms with Gasteiger partial charge in [0.05, 0.1) is 6.61 Å². The lowest BCUT2D eigenvalue weighted by Gasteiger charge is -2.29. The molecule has 0 spiro atoms. The minimum atomic E-state index is -0.557. The van der Waals surface area contributed by atoms with E-state index in [1.807, 2.05) is 0 Å². The van der Waals surface area contributed by atoms with Crippen LogP contribution in [0.3, 0.4) is 0 Å². The minimum Gasteiger partial charge on any atom is -0.394 e. The van der Waals surface area contributed by atoms with E-state index in [1.165, 1.54) is 12.8 Å². The maximum atomic E-state index is 8.95. The van der Waals surface area contributed by atoms with E-state index in [9.17, 15) is 0 Å². The molecule has 18 heavy (non-hydrogen) atoms. The van der Waals surface area contributed by atoms with Gasteiger partial charge < -0.3 is 15.4 Å². The molecule has 1 atom stereocenters. The molecule has 102 valence electrons. The Morgan fingerprint density at radius 2 is 2.00 bits per heavy atom. The highest BCUT2D eigenvalue weighted by Gasteiger charge is 2.27. The molecule has 5 heteroatoms. The van der Waals surface area contributed by atoms with Crippen LogP contribution < -0.4 is 5.73 Å². The molecule has 0 saturated heterocycles. The Labute approximate surface area is 108 Å². The molecule has 0 aliphatic heterocycles. The van der Waals surface area contributed by atoms with Crippen LogP contribution in [0.4, 0.5) is 0 Å². The summed E-state index contributed by atoms with van der Waals surface area (Å²) in [5, 5.41) is 13.0. The van der Waals surface area contributed by atoms with Gasteiger partial charge >= 0.3 is 0 Å². The predicted molar refractivity (Wildman–Crippen MR) is 67.8 cm³/mol. The second kappa shape index (κ2) is 5.80. The first-order valence-electron chi connectivity index (χ1n) is 6.81. The van der Waals surface area contributed by atoms with Gasteiger partial charge in [0, 0.05) is 5.92 Å². The number of aliphatic hydroxyl groups excluding tert-OH is 1. The summed E-state index contributed by atoms with van der Waals surface area (Å²) in [7, 11) is 0. The van der Waals surface area contributed by atoms with Crippen molar-refractivity contribution in [2.24, 2.45) is 17.6 Å². The molecule has 1 heterocycles. The van der Waals surface area contributed by atoms with Crippen LogP contribution in [0, 0.1) is 11.8 Å². The second-order valence-electron chi connectivity index (χ2n) is 5.64. The molecule has 1 fully saturated rings. The van der Waals surface area contributed by atoms with Crippen molar-refractivity contribution >= 4 is 0 Å². The zero-order valence-electron chi connectivity index (χ0n) is 11.2. The van der Waals surface area contributed by atoms with Gasteiger partial charge in [0.2, 0.25) is 5.89 Å². The van der Waals surface area contributed by atoms with Crippen LogP contribution in [-0.4, -0.2) is 21.9 Å². The third-order valence-electron chi connectivity index (χ3n) is 4.05. The Hall–Kier alpha value is -0.940. The van der Waals surface area contributed by atoms with Crippen LogP contribution in [0.2, 0.25) is 0 Å². The number of nitrogens with two attached hydrogens (primary N) is 1. The molecule has 0 radical (unpaired) electrons. The Morgan fingerprint density at radius 3 is 2.56 bits per heavy atom. The van der Waals surface area contributed by atoms with Gasteiger partial charge in [-0.2, -0.15) is 4.98 Å². The number of aliphatic hydroxyl groups is 1. The molecule has 1 aromatic heterocycles. The van der Waals surface area contributed by atoms with Crippen molar-refractivity contribution < 1.29 is 9.63 Å². The fraction of sp³-hybridized carbons (Fsp3) is 0.846.